The summed E-state index contributed by atoms with van der Waals surface area (Å²) >= 11 is 1.58. The van der Waals surface area contributed by atoms with Gasteiger partial charge in [-0.3, -0.25) is 4.79 Å². The van der Waals surface area contributed by atoms with Crippen LogP contribution in [-0.2, 0) is 24.3 Å². The fourth-order valence-electron chi connectivity index (χ4n) is 2.48. The van der Waals surface area contributed by atoms with Gasteiger partial charge in [0.15, 0.2) is 0 Å². The summed E-state index contributed by atoms with van der Waals surface area (Å²) in [6, 6.07) is 9.91. The molecular weight excluding hydrogens is 296 g/mol. The number of carbonyl (C=O) groups excluding carboxylic acids is 1. The lowest BCUT2D eigenvalue weighted by Crippen LogP contribution is -2.13. The van der Waals surface area contributed by atoms with Crippen LogP contribution in [0.2, 0.25) is 0 Å². The standard InChI is InChI=1S/C17H20N2O2S/c1-2-18-10-12-4-3-5-14(8-12)19-17(20)16-9-13-11-21-7-6-15(13)22-16/h3-5,8-9,18H,2,6-7,10-11H2,1H3,(H,19,20). The number of hydrogen-bond acceptors (Lipinski definition) is 4. The Hall–Kier alpha value is -1.69. The van der Waals surface area contributed by atoms with Gasteiger partial charge >= 0.3 is 0 Å². The second kappa shape index (κ2) is 7.05. The van der Waals surface area contributed by atoms with Crippen molar-refractivity contribution < 1.29 is 9.53 Å². The zero-order valence-electron chi connectivity index (χ0n) is 12.6. The molecule has 0 fully saturated rings. The van der Waals surface area contributed by atoms with Crippen LogP contribution in [0.5, 0.6) is 0 Å². The molecule has 2 heterocycles. The second-order valence-electron chi connectivity index (χ2n) is 5.30. The lowest BCUT2D eigenvalue weighted by atomic mass is 10.2. The number of thiophene rings is 1. The molecular formula is C17H20N2O2S. The smallest absolute Gasteiger partial charge is 0.265 e. The molecule has 1 aromatic carbocycles. The molecule has 0 bridgehead atoms. The lowest BCUT2D eigenvalue weighted by molar-refractivity contribution is 0.102. The highest BCUT2D eigenvalue weighted by Crippen LogP contribution is 2.27. The molecule has 1 amide bonds. The van der Waals surface area contributed by atoms with Crippen LogP contribution >= 0.6 is 11.3 Å². The Morgan fingerprint density at radius 1 is 1.36 bits per heavy atom. The molecule has 2 N–H and O–H groups in total. The molecule has 4 nitrogen and oxygen atoms in total. The number of hydrogen-bond donors (Lipinski definition) is 2. The van der Waals surface area contributed by atoms with Crippen molar-refractivity contribution in [1.82, 2.24) is 5.32 Å². The average molecular weight is 316 g/mol. The van der Waals surface area contributed by atoms with Crippen LogP contribution in [-0.4, -0.2) is 19.1 Å². The van der Waals surface area contributed by atoms with Crippen molar-refractivity contribution in [3.05, 3.63) is 51.2 Å². The van der Waals surface area contributed by atoms with Gasteiger partial charge in [-0.1, -0.05) is 19.1 Å². The number of nitrogens with one attached hydrogen (secondary N) is 2. The SMILES string of the molecule is CCNCc1cccc(NC(=O)c2cc3c(s2)CCOC3)c1. The van der Waals surface area contributed by atoms with Gasteiger partial charge in [0, 0.05) is 23.5 Å². The number of amides is 1. The number of fused-ring (bicyclic) bond motifs is 1. The number of carbonyl (C=O) groups is 1. The summed E-state index contributed by atoms with van der Waals surface area (Å²) in [5.74, 6) is -0.0417. The Morgan fingerprint density at radius 2 is 2.27 bits per heavy atom. The fourth-order valence-corrected chi connectivity index (χ4v) is 3.52. The quantitative estimate of drug-likeness (QED) is 0.891. The van der Waals surface area contributed by atoms with E-state index in [1.54, 1.807) is 11.3 Å². The van der Waals surface area contributed by atoms with Crippen molar-refractivity contribution in [2.24, 2.45) is 0 Å². The van der Waals surface area contributed by atoms with Gasteiger partial charge in [0.2, 0.25) is 0 Å². The summed E-state index contributed by atoms with van der Waals surface area (Å²) < 4.78 is 5.43. The summed E-state index contributed by atoms with van der Waals surface area (Å²) in [7, 11) is 0. The van der Waals surface area contributed by atoms with Crippen LogP contribution in [0.1, 0.15) is 32.6 Å². The van der Waals surface area contributed by atoms with Crippen LogP contribution in [0, 0.1) is 0 Å². The molecule has 0 atom stereocenters. The van der Waals surface area contributed by atoms with Gasteiger partial charge in [-0.25, -0.2) is 0 Å². The van der Waals surface area contributed by atoms with Gasteiger partial charge in [0.25, 0.3) is 5.91 Å². The van der Waals surface area contributed by atoms with Crippen LogP contribution in [0.4, 0.5) is 5.69 Å². The van der Waals surface area contributed by atoms with Crippen LogP contribution in [0.15, 0.2) is 30.3 Å². The summed E-state index contributed by atoms with van der Waals surface area (Å²) in [6.07, 6.45) is 0.908. The molecule has 3 rings (SSSR count). The number of benzene rings is 1. The molecule has 22 heavy (non-hydrogen) atoms. The van der Waals surface area contributed by atoms with Crippen molar-refractivity contribution in [2.45, 2.75) is 26.5 Å². The van der Waals surface area contributed by atoms with E-state index < -0.39 is 0 Å². The second-order valence-corrected chi connectivity index (χ2v) is 6.43. The first kappa shape index (κ1) is 15.2. The van der Waals surface area contributed by atoms with Crippen molar-refractivity contribution >= 4 is 22.9 Å². The van der Waals surface area contributed by atoms with Gasteiger partial charge in [-0.15, -0.1) is 11.3 Å². The van der Waals surface area contributed by atoms with Gasteiger partial charge in [-0.05, 0) is 35.9 Å². The first-order valence-electron chi connectivity index (χ1n) is 7.56. The highest BCUT2D eigenvalue weighted by Gasteiger charge is 2.17. The van der Waals surface area contributed by atoms with Gasteiger partial charge in [0.1, 0.15) is 0 Å². The third kappa shape index (κ3) is 3.55. The molecule has 5 heteroatoms. The van der Waals surface area contributed by atoms with E-state index in [1.807, 2.05) is 24.3 Å². The first-order valence-corrected chi connectivity index (χ1v) is 8.38. The highest BCUT2D eigenvalue weighted by atomic mass is 32.1. The molecule has 0 saturated heterocycles. The van der Waals surface area contributed by atoms with E-state index in [0.717, 1.165) is 42.2 Å². The Balaban J connectivity index is 1.69. The number of rotatable bonds is 5. The van der Waals surface area contributed by atoms with E-state index >= 15 is 0 Å². The van der Waals surface area contributed by atoms with E-state index in [-0.39, 0.29) is 5.91 Å². The van der Waals surface area contributed by atoms with Crippen molar-refractivity contribution in [3.8, 4) is 0 Å². The van der Waals surface area contributed by atoms with E-state index in [4.69, 9.17) is 4.74 Å². The van der Waals surface area contributed by atoms with E-state index in [9.17, 15) is 4.79 Å². The summed E-state index contributed by atoms with van der Waals surface area (Å²) in [4.78, 5) is 14.4. The predicted octanol–water partition coefficient (Wildman–Crippen LogP) is 3.18. The first-order chi connectivity index (χ1) is 10.8. The third-order valence-corrected chi connectivity index (χ3v) is 4.85. The van der Waals surface area contributed by atoms with Gasteiger partial charge in [0.05, 0.1) is 18.1 Å². The topological polar surface area (TPSA) is 50.4 Å². The van der Waals surface area contributed by atoms with Crippen molar-refractivity contribution in [1.29, 1.82) is 0 Å². The van der Waals surface area contributed by atoms with E-state index in [2.05, 4.69) is 23.6 Å². The zero-order chi connectivity index (χ0) is 15.4. The normalized spacial score (nSPS) is 13.7. The number of anilines is 1. The van der Waals surface area contributed by atoms with E-state index in [1.165, 1.54) is 10.4 Å². The molecule has 0 spiro atoms. The minimum Gasteiger partial charge on any atom is -0.376 e. The Bertz CT molecular complexity index is 643. The third-order valence-electron chi connectivity index (χ3n) is 3.62. The predicted molar refractivity (Wildman–Crippen MR) is 89.5 cm³/mol. The highest BCUT2D eigenvalue weighted by molar-refractivity contribution is 7.14. The molecule has 0 radical (unpaired) electrons. The lowest BCUT2D eigenvalue weighted by Gasteiger charge is -2.10. The molecule has 116 valence electrons. The molecule has 0 saturated carbocycles. The fraction of sp³-hybridized carbons (Fsp3) is 0.353. The Morgan fingerprint density at radius 3 is 3.09 bits per heavy atom. The minimum absolute atomic E-state index is 0.0417. The number of ether oxygens (including phenoxy) is 1. The summed E-state index contributed by atoms with van der Waals surface area (Å²) in [5, 5.41) is 6.27. The van der Waals surface area contributed by atoms with E-state index in [0.29, 0.717) is 6.61 Å². The van der Waals surface area contributed by atoms with Crippen molar-refractivity contribution in [3.63, 3.8) is 0 Å². The maximum Gasteiger partial charge on any atom is 0.265 e. The molecule has 0 unspecified atom stereocenters. The van der Waals surface area contributed by atoms with Gasteiger partial charge in [-0.2, -0.15) is 0 Å². The summed E-state index contributed by atoms with van der Waals surface area (Å²) in [6.45, 7) is 5.19. The Kier molecular flexibility index (Phi) is 4.87. The molecule has 2 aromatic rings. The maximum absolute atomic E-state index is 12.4. The Labute approximate surface area is 134 Å². The molecule has 0 aliphatic carbocycles. The van der Waals surface area contributed by atoms with Crippen LogP contribution in [0.3, 0.4) is 0 Å². The van der Waals surface area contributed by atoms with Gasteiger partial charge < -0.3 is 15.4 Å². The minimum atomic E-state index is -0.0417. The molecule has 1 aromatic heterocycles. The molecule has 1 aliphatic heterocycles. The van der Waals surface area contributed by atoms with Crippen molar-refractivity contribution in [2.75, 3.05) is 18.5 Å². The maximum atomic E-state index is 12.4. The zero-order valence-corrected chi connectivity index (χ0v) is 13.5. The largest absolute Gasteiger partial charge is 0.376 e. The average Bonchev–Trinajstić information content (AvgIpc) is 2.97. The monoisotopic (exact) mass is 316 g/mol. The van der Waals surface area contributed by atoms with Crippen LogP contribution < -0.4 is 10.6 Å². The van der Waals surface area contributed by atoms with Crippen LogP contribution in [0.25, 0.3) is 0 Å². The molecule has 1 aliphatic rings. The summed E-state index contributed by atoms with van der Waals surface area (Å²) in [5.41, 5.74) is 3.16.